The topological polar surface area (TPSA) is 63.1 Å². The van der Waals surface area contributed by atoms with Crippen LogP contribution in [-0.4, -0.2) is 32.2 Å². The lowest BCUT2D eigenvalue weighted by Crippen LogP contribution is -2.49. The molecule has 1 fully saturated rings. The first-order chi connectivity index (χ1) is 11.2. The number of rotatable bonds is 3. The normalized spacial score (nSPS) is 19.3. The van der Waals surface area contributed by atoms with Gasteiger partial charge in [-0.05, 0) is 30.5 Å². The van der Waals surface area contributed by atoms with E-state index >= 15 is 0 Å². The number of nitrogens with zero attached hydrogens (tertiary/aromatic N) is 4. The summed E-state index contributed by atoms with van der Waals surface area (Å²) in [5.74, 6) is 1.87. The predicted octanol–water partition coefficient (Wildman–Crippen LogP) is 2.53. The van der Waals surface area contributed by atoms with Crippen molar-refractivity contribution in [3.05, 3.63) is 46.5 Å². The number of carbonyl (C=O) groups excluding carboxylic acids is 1. The first-order valence-corrected chi connectivity index (χ1v) is 8.31. The van der Waals surface area contributed by atoms with Crippen molar-refractivity contribution in [1.29, 1.82) is 0 Å². The Kier molecular flexibility index (Phi) is 3.69. The zero-order valence-electron chi connectivity index (χ0n) is 12.7. The summed E-state index contributed by atoms with van der Waals surface area (Å²) in [4.78, 5) is 14.3. The molecule has 0 aliphatic carbocycles. The summed E-state index contributed by atoms with van der Waals surface area (Å²) in [5, 5.41) is 12.0. The van der Waals surface area contributed by atoms with Gasteiger partial charge < -0.3 is 14.8 Å². The number of carbonyl (C=O) groups is 1. The molecule has 7 heteroatoms. The van der Waals surface area contributed by atoms with E-state index in [-0.39, 0.29) is 12.1 Å². The van der Waals surface area contributed by atoms with Crippen LogP contribution in [0.5, 0.6) is 0 Å². The van der Waals surface area contributed by atoms with Crippen LogP contribution in [-0.2, 0) is 19.5 Å². The van der Waals surface area contributed by atoms with Crippen molar-refractivity contribution in [3.8, 4) is 0 Å². The summed E-state index contributed by atoms with van der Waals surface area (Å²) in [7, 11) is 0. The molecule has 23 heavy (non-hydrogen) atoms. The summed E-state index contributed by atoms with van der Waals surface area (Å²) in [5.41, 5.74) is 1.12. The van der Waals surface area contributed by atoms with Gasteiger partial charge in [-0.1, -0.05) is 23.7 Å². The molecule has 6 nitrogen and oxygen atoms in total. The molecule has 2 amide bonds. The Morgan fingerprint density at radius 1 is 1.26 bits per heavy atom. The van der Waals surface area contributed by atoms with Gasteiger partial charge in [0, 0.05) is 24.5 Å². The summed E-state index contributed by atoms with van der Waals surface area (Å²) < 4.78 is 2.10. The van der Waals surface area contributed by atoms with Crippen molar-refractivity contribution in [3.63, 3.8) is 0 Å². The molecule has 0 bridgehead atoms. The van der Waals surface area contributed by atoms with Gasteiger partial charge in [-0.3, -0.25) is 0 Å². The van der Waals surface area contributed by atoms with E-state index < -0.39 is 0 Å². The van der Waals surface area contributed by atoms with E-state index in [1.165, 1.54) is 0 Å². The number of halogens is 1. The predicted molar refractivity (Wildman–Crippen MR) is 86.1 cm³/mol. The van der Waals surface area contributed by atoms with E-state index in [0.717, 1.165) is 49.6 Å². The SMILES string of the molecule is O=C(NCc1nnc2n1CCC2)N1CC[C@H]1c1ccc(Cl)cc1. The fourth-order valence-electron chi connectivity index (χ4n) is 3.26. The molecule has 2 aliphatic heterocycles. The average molecular weight is 332 g/mol. The Hall–Kier alpha value is -2.08. The number of hydrogen-bond donors (Lipinski definition) is 1. The third-order valence-corrected chi connectivity index (χ3v) is 4.87. The Labute approximate surface area is 139 Å². The van der Waals surface area contributed by atoms with E-state index in [4.69, 9.17) is 11.6 Å². The Morgan fingerprint density at radius 2 is 2.09 bits per heavy atom. The number of nitrogens with one attached hydrogen (secondary N) is 1. The Balaban J connectivity index is 1.38. The van der Waals surface area contributed by atoms with Crippen molar-refractivity contribution in [2.45, 2.75) is 38.4 Å². The Bertz CT molecular complexity index is 727. The van der Waals surface area contributed by atoms with E-state index in [9.17, 15) is 4.79 Å². The van der Waals surface area contributed by atoms with Gasteiger partial charge in [0.1, 0.15) is 5.82 Å². The minimum atomic E-state index is -0.0495. The molecule has 4 rings (SSSR count). The number of amides is 2. The number of aromatic nitrogens is 3. The summed E-state index contributed by atoms with van der Waals surface area (Å²) >= 11 is 5.92. The van der Waals surface area contributed by atoms with Gasteiger partial charge in [0.15, 0.2) is 5.82 Å². The van der Waals surface area contributed by atoms with Crippen LogP contribution in [0.1, 0.15) is 36.1 Å². The van der Waals surface area contributed by atoms with Gasteiger partial charge in [0.2, 0.25) is 0 Å². The molecule has 1 N–H and O–H groups in total. The van der Waals surface area contributed by atoms with Gasteiger partial charge in [-0.2, -0.15) is 0 Å². The molecule has 0 saturated carbocycles. The van der Waals surface area contributed by atoms with Crippen LogP contribution in [0.2, 0.25) is 5.02 Å². The first kappa shape index (κ1) is 14.5. The monoisotopic (exact) mass is 331 g/mol. The van der Waals surface area contributed by atoms with Crippen LogP contribution in [0.4, 0.5) is 4.79 Å². The number of hydrogen-bond acceptors (Lipinski definition) is 3. The minimum Gasteiger partial charge on any atom is -0.331 e. The maximum Gasteiger partial charge on any atom is 0.318 e. The van der Waals surface area contributed by atoms with E-state index in [0.29, 0.717) is 11.6 Å². The molecular weight excluding hydrogens is 314 g/mol. The van der Waals surface area contributed by atoms with Crippen molar-refractivity contribution in [2.75, 3.05) is 6.54 Å². The molecule has 0 unspecified atom stereocenters. The quantitative estimate of drug-likeness (QED) is 0.940. The smallest absolute Gasteiger partial charge is 0.318 e. The Morgan fingerprint density at radius 3 is 2.83 bits per heavy atom. The third-order valence-electron chi connectivity index (χ3n) is 4.62. The van der Waals surface area contributed by atoms with E-state index in [1.807, 2.05) is 29.2 Å². The molecule has 0 radical (unpaired) electrons. The van der Waals surface area contributed by atoms with Crippen molar-refractivity contribution in [2.24, 2.45) is 0 Å². The summed E-state index contributed by atoms with van der Waals surface area (Å²) in [6.45, 7) is 2.15. The average Bonchev–Trinajstić information content (AvgIpc) is 3.10. The van der Waals surface area contributed by atoms with Crippen LogP contribution in [0.15, 0.2) is 24.3 Å². The molecule has 1 atom stereocenters. The van der Waals surface area contributed by atoms with E-state index in [2.05, 4.69) is 20.1 Å². The highest BCUT2D eigenvalue weighted by atomic mass is 35.5. The highest BCUT2D eigenvalue weighted by molar-refractivity contribution is 6.30. The maximum atomic E-state index is 12.4. The second-order valence-electron chi connectivity index (χ2n) is 6.00. The number of likely N-dealkylation sites (tertiary alicyclic amines) is 1. The largest absolute Gasteiger partial charge is 0.331 e. The van der Waals surface area contributed by atoms with Gasteiger partial charge in [0.05, 0.1) is 12.6 Å². The van der Waals surface area contributed by atoms with Crippen molar-refractivity contribution >= 4 is 17.6 Å². The third kappa shape index (κ3) is 2.67. The lowest BCUT2D eigenvalue weighted by Gasteiger charge is -2.41. The zero-order chi connectivity index (χ0) is 15.8. The van der Waals surface area contributed by atoms with E-state index in [1.54, 1.807) is 0 Å². The fourth-order valence-corrected chi connectivity index (χ4v) is 3.39. The van der Waals surface area contributed by atoms with Gasteiger partial charge in [0.25, 0.3) is 0 Å². The number of aryl methyl sites for hydroxylation is 1. The van der Waals surface area contributed by atoms with Crippen LogP contribution in [0.25, 0.3) is 0 Å². The molecule has 120 valence electrons. The van der Waals surface area contributed by atoms with Gasteiger partial charge >= 0.3 is 6.03 Å². The van der Waals surface area contributed by atoms with Crippen LogP contribution in [0.3, 0.4) is 0 Å². The lowest BCUT2D eigenvalue weighted by molar-refractivity contribution is 0.115. The van der Waals surface area contributed by atoms with Crippen LogP contribution >= 0.6 is 11.6 Å². The number of urea groups is 1. The van der Waals surface area contributed by atoms with Crippen LogP contribution in [0, 0.1) is 0 Å². The number of fused-ring (bicyclic) bond motifs is 1. The van der Waals surface area contributed by atoms with Crippen LogP contribution < -0.4 is 5.32 Å². The molecule has 1 aromatic carbocycles. The minimum absolute atomic E-state index is 0.0495. The van der Waals surface area contributed by atoms with Crippen molar-refractivity contribution in [1.82, 2.24) is 25.0 Å². The molecule has 2 aromatic rings. The van der Waals surface area contributed by atoms with Crippen molar-refractivity contribution < 1.29 is 4.79 Å². The highest BCUT2D eigenvalue weighted by Crippen LogP contribution is 2.33. The molecule has 2 aliphatic rings. The summed E-state index contributed by atoms with van der Waals surface area (Å²) in [6, 6.07) is 7.79. The molecule has 1 aromatic heterocycles. The molecule has 1 saturated heterocycles. The van der Waals surface area contributed by atoms with Gasteiger partial charge in [-0.15, -0.1) is 10.2 Å². The standard InChI is InChI=1S/C16H18ClN5O/c17-12-5-3-11(4-6-12)13-7-9-21(13)16(23)18-10-15-20-19-14-2-1-8-22(14)15/h3-6,13H,1-2,7-10H2,(H,18,23)/t13-/m0/s1. The summed E-state index contributed by atoms with van der Waals surface area (Å²) in [6.07, 6.45) is 3.07. The molecule has 0 spiro atoms. The first-order valence-electron chi connectivity index (χ1n) is 7.93. The van der Waals surface area contributed by atoms with Gasteiger partial charge in [-0.25, -0.2) is 4.79 Å². The lowest BCUT2D eigenvalue weighted by atomic mass is 9.95. The molecular formula is C16H18ClN5O. The maximum absolute atomic E-state index is 12.4. The zero-order valence-corrected chi connectivity index (χ0v) is 13.5. The highest BCUT2D eigenvalue weighted by Gasteiger charge is 2.33. The fraction of sp³-hybridized carbons (Fsp3) is 0.438. The number of benzene rings is 1. The molecule has 3 heterocycles. The second kappa shape index (κ2) is 5.85. The second-order valence-corrected chi connectivity index (χ2v) is 6.43.